The summed E-state index contributed by atoms with van der Waals surface area (Å²) in [6, 6.07) is 23.4. The lowest BCUT2D eigenvalue weighted by Crippen LogP contribution is -2.24. The van der Waals surface area contributed by atoms with Crippen molar-refractivity contribution in [2.45, 2.75) is 11.8 Å². The van der Waals surface area contributed by atoms with Gasteiger partial charge in [0.1, 0.15) is 5.75 Å². The van der Waals surface area contributed by atoms with E-state index in [2.05, 4.69) is 22.1 Å². The first-order chi connectivity index (χ1) is 13.2. The van der Waals surface area contributed by atoms with Gasteiger partial charge >= 0.3 is 0 Å². The number of nitrogens with one attached hydrogen (secondary N) is 2. The Bertz CT molecular complexity index is 1030. The first kappa shape index (κ1) is 17.6. The molecular weight excluding hydrogens is 378 g/mol. The maximum Gasteiger partial charge on any atom is 0.211 e. The molecule has 0 spiro atoms. The highest BCUT2D eigenvalue weighted by molar-refractivity contribution is 8.14. The van der Waals surface area contributed by atoms with Crippen LogP contribution < -0.4 is 15.4 Å². The number of guanidine groups is 1. The fourth-order valence-corrected chi connectivity index (χ4v) is 4.22. The van der Waals surface area contributed by atoms with Crippen molar-refractivity contribution in [3.8, 4) is 11.5 Å². The van der Waals surface area contributed by atoms with Crippen LogP contribution in [0.5, 0.6) is 11.5 Å². The van der Waals surface area contributed by atoms with Crippen molar-refractivity contribution in [1.82, 2.24) is 0 Å². The summed E-state index contributed by atoms with van der Waals surface area (Å²) in [5.74, 6) is 2.02. The minimum atomic E-state index is -0.379. The number of hydrogen-bond donors (Lipinski definition) is 2. The van der Waals surface area contributed by atoms with Gasteiger partial charge in [-0.05, 0) is 59.4 Å². The molecule has 4 rings (SSSR count). The highest BCUT2D eigenvalue weighted by Crippen LogP contribution is 2.44. The van der Waals surface area contributed by atoms with Gasteiger partial charge in [-0.25, -0.2) is 0 Å². The highest BCUT2D eigenvalue weighted by Gasteiger charge is 2.20. The van der Waals surface area contributed by atoms with Gasteiger partial charge in [-0.2, -0.15) is 4.40 Å². The Labute approximate surface area is 165 Å². The molecule has 0 bridgehead atoms. The number of ether oxygens (including phenoxy) is 1. The standard InChI is InChI=1S/C21H18ClN3OS/c1-2-27-19-14-8-13-18(26-17-12-7-6-11-16(17)22)20(19)24-21(25-27)23-15-9-4-3-5-10-15/h2-14H,1H3,(H2,23,24,25). The second-order valence-corrected chi connectivity index (χ2v) is 7.90. The third-order valence-electron chi connectivity index (χ3n) is 3.96. The monoisotopic (exact) mass is 395 g/mol. The van der Waals surface area contributed by atoms with Gasteiger partial charge in [-0.1, -0.05) is 48.0 Å². The summed E-state index contributed by atoms with van der Waals surface area (Å²) in [6.07, 6.45) is 0. The zero-order valence-corrected chi connectivity index (χ0v) is 16.2. The Kier molecular flexibility index (Phi) is 5.14. The molecule has 1 atom stereocenters. The topological polar surface area (TPSA) is 45.7 Å². The van der Waals surface area contributed by atoms with E-state index >= 15 is 0 Å². The summed E-state index contributed by atoms with van der Waals surface area (Å²) in [7, 11) is -0.379. The Hall–Kier alpha value is -2.76. The molecule has 136 valence electrons. The number of para-hydroxylation sites is 3. The van der Waals surface area contributed by atoms with Crippen molar-refractivity contribution < 1.29 is 4.74 Å². The number of fused-ring (bicyclic) bond motifs is 1. The number of benzene rings is 3. The molecule has 3 aromatic rings. The summed E-state index contributed by atoms with van der Waals surface area (Å²) in [5.41, 5.74) is 1.86. The maximum atomic E-state index is 6.26. The molecule has 2 N–H and O–H groups in total. The third-order valence-corrected chi connectivity index (χ3v) is 5.89. The molecule has 6 heteroatoms. The third kappa shape index (κ3) is 3.84. The number of halogens is 1. The minimum absolute atomic E-state index is 0.379. The Balaban J connectivity index is 1.69. The average Bonchev–Trinajstić information content (AvgIpc) is 2.70. The second-order valence-electron chi connectivity index (χ2n) is 5.77. The van der Waals surface area contributed by atoms with E-state index in [-0.39, 0.29) is 10.7 Å². The van der Waals surface area contributed by atoms with Crippen LogP contribution in [-0.2, 0) is 0 Å². The Morgan fingerprint density at radius 2 is 1.70 bits per heavy atom. The Morgan fingerprint density at radius 3 is 2.48 bits per heavy atom. The average molecular weight is 396 g/mol. The SMILES string of the molecule is C/C=S1\N=C(Nc2ccccc2)Nc2c(Oc3ccccc3Cl)cccc21. The van der Waals surface area contributed by atoms with Crippen LogP contribution in [0.15, 0.2) is 82.1 Å². The van der Waals surface area contributed by atoms with Crippen LogP contribution in [-0.4, -0.2) is 11.3 Å². The molecule has 0 aromatic heterocycles. The predicted octanol–water partition coefficient (Wildman–Crippen LogP) is 6.39. The molecule has 0 aliphatic carbocycles. The van der Waals surface area contributed by atoms with E-state index in [1.165, 1.54) is 0 Å². The van der Waals surface area contributed by atoms with E-state index in [0.29, 0.717) is 22.5 Å². The fraction of sp³-hybridized carbons (Fsp3) is 0.0476. The molecule has 0 fully saturated rings. The van der Waals surface area contributed by atoms with Gasteiger partial charge in [0.2, 0.25) is 5.96 Å². The summed E-state index contributed by atoms with van der Waals surface area (Å²) in [6.45, 7) is 2.02. The van der Waals surface area contributed by atoms with E-state index in [4.69, 9.17) is 20.7 Å². The smallest absolute Gasteiger partial charge is 0.211 e. The van der Waals surface area contributed by atoms with Gasteiger partial charge in [-0.3, -0.25) is 0 Å². The molecule has 1 unspecified atom stereocenters. The molecule has 4 nitrogen and oxygen atoms in total. The number of anilines is 2. The van der Waals surface area contributed by atoms with Crippen LogP contribution in [0.3, 0.4) is 0 Å². The fourth-order valence-electron chi connectivity index (χ4n) is 2.72. The van der Waals surface area contributed by atoms with Crippen molar-refractivity contribution in [1.29, 1.82) is 0 Å². The number of hydrogen-bond acceptors (Lipinski definition) is 4. The largest absolute Gasteiger partial charge is 0.454 e. The molecule has 0 saturated heterocycles. The van der Waals surface area contributed by atoms with Crippen molar-refractivity contribution in [3.63, 3.8) is 0 Å². The van der Waals surface area contributed by atoms with Gasteiger partial charge in [0.15, 0.2) is 5.75 Å². The van der Waals surface area contributed by atoms with Gasteiger partial charge in [0.05, 0.1) is 15.6 Å². The highest BCUT2D eigenvalue weighted by atomic mass is 35.5. The lowest BCUT2D eigenvalue weighted by Gasteiger charge is -2.24. The van der Waals surface area contributed by atoms with Gasteiger partial charge < -0.3 is 15.4 Å². The molecule has 1 aliphatic heterocycles. The molecule has 27 heavy (non-hydrogen) atoms. The van der Waals surface area contributed by atoms with Crippen molar-refractivity contribution in [2.24, 2.45) is 4.40 Å². The number of rotatable bonds is 3. The van der Waals surface area contributed by atoms with Gasteiger partial charge in [0, 0.05) is 5.69 Å². The normalized spacial score (nSPS) is 15.5. The van der Waals surface area contributed by atoms with E-state index in [9.17, 15) is 0 Å². The van der Waals surface area contributed by atoms with Crippen LogP contribution in [0.2, 0.25) is 5.02 Å². The molecule has 0 radical (unpaired) electrons. The first-order valence-corrected chi connectivity index (χ1v) is 10.1. The van der Waals surface area contributed by atoms with Crippen LogP contribution >= 0.6 is 22.3 Å². The van der Waals surface area contributed by atoms with Crippen LogP contribution in [0, 0.1) is 0 Å². The van der Waals surface area contributed by atoms with E-state index in [1.807, 2.05) is 73.7 Å². The van der Waals surface area contributed by atoms with Gasteiger partial charge in [0.25, 0.3) is 0 Å². The maximum absolute atomic E-state index is 6.26. The zero-order valence-electron chi connectivity index (χ0n) is 14.6. The van der Waals surface area contributed by atoms with Crippen LogP contribution in [0.4, 0.5) is 11.4 Å². The van der Waals surface area contributed by atoms with Crippen LogP contribution in [0.1, 0.15) is 6.92 Å². The summed E-state index contributed by atoms with van der Waals surface area (Å²) in [5, 5.41) is 9.37. The van der Waals surface area contributed by atoms with Gasteiger partial charge in [-0.15, -0.1) is 0 Å². The Morgan fingerprint density at radius 1 is 0.963 bits per heavy atom. The first-order valence-electron chi connectivity index (χ1n) is 8.50. The quantitative estimate of drug-likeness (QED) is 0.505. The van der Waals surface area contributed by atoms with E-state index in [1.54, 1.807) is 0 Å². The van der Waals surface area contributed by atoms with E-state index < -0.39 is 0 Å². The minimum Gasteiger partial charge on any atom is -0.454 e. The van der Waals surface area contributed by atoms with E-state index in [0.717, 1.165) is 16.3 Å². The second kappa shape index (κ2) is 7.86. The number of nitrogens with zero attached hydrogens (tertiary/aromatic N) is 1. The summed E-state index contributed by atoms with van der Waals surface area (Å²) < 4.78 is 10.9. The molecule has 1 heterocycles. The molecule has 1 aliphatic rings. The van der Waals surface area contributed by atoms with Crippen molar-refractivity contribution in [2.75, 3.05) is 10.6 Å². The zero-order chi connectivity index (χ0) is 18.6. The van der Waals surface area contributed by atoms with Crippen molar-refractivity contribution in [3.05, 3.63) is 77.8 Å². The molecule has 0 saturated carbocycles. The van der Waals surface area contributed by atoms with Crippen molar-refractivity contribution >= 4 is 45.0 Å². The van der Waals surface area contributed by atoms with Crippen LogP contribution in [0.25, 0.3) is 0 Å². The summed E-state index contributed by atoms with van der Waals surface area (Å²) >= 11 is 6.26. The summed E-state index contributed by atoms with van der Waals surface area (Å²) in [4.78, 5) is 1.08. The molecule has 0 amide bonds. The molecular formula is C21H18ClN3OS. The predicted molar refractivity (Wildman–Crippen MR) is 117 cm³/mol. The lowest BCUT2D eigenvalue weighted by atomic mass is 10.2. The lowest BCUT2D eigenvalue weighted by molar-refractivity contribution is 0.484. The molecule has 3 aromatic carbocycles.